The van der Waals surface area contributed by atoms with Crippen molar-refractivity contribution >= 4 is 23.9 Å². The molecule has 13 heavy (non-hydrogen) atoms. The minimum absolute atomic E-state index is 0.152. The predicted octanol–water partition coefficient (Wildman–Crippen LogP) is 1.60. The van der Waals surface area contributed by atoms with E-state index in [4.69, 9.17) is 5.11 Å². The highest BCUT2D eigenvalue weighted by Crippen LogP contribution is 2.35. The van der Waals surface area contributed by atoms with Crippen LogP contribution in [0.3, 0.4) is 0 Å². The van der Waals surface area contributed by atoms with Gasteiger partial charge in [-0.15, -0.1) is 11.8 Å². The summed E-state index contributed by atoms with van der Waals surface area (Å²) in [5.74, 6) is -0.128. The van der Waals surface area contributed by atoms with Crippen molar-refractivity contribution in [2.24, 2.45) is 4.99 Å². The number of hydrogen-bond donors (Lipinski definition) is 1. The third kappa shape index (κ3) is 1.45. The van der Waals surface area contributed by atoms with Crippen molar-refractivity contribution in [3.05, 3.63) is 34.4 Å². The zero-order valence-corrected chi connectivity index (χ0v) is 7.54. The van der Waals surface area contributed by atoms with E-state index in [1.807, 2.05) is 12.2 Å². The standard InChI is InChI=1S/C9H7NO2S/c11-9(12)7-8-6(3-5-13-8)2-1-4-10-7/h1-4H,5H2,(H,11,12). The Balaban J connectivity index is 2.53. The Morgan fingerprint density at radius 2 is 2.46 bits per heavy atom. The number of carboxylic acids is 1. The molecule has 0 saturated carbocycles. The van der Waals surface area contributed by atoms with Crippen molar-refractivity contribution < 1.29 is 9.90 Å². The van der Waals surface area contributed by atoms with Gasteiger partial charge in [0.25, 0.3) is 0 Å². The normalized spacial score (nSPS) is 19.8. The summed E-state index contributed by atoms with van der Waals surface area (Å²) in [4.78, 5) is 15.5. The first-order valence-electron chi connectivity index (χ1n) is 3.80. The highest BCUT2D eigenvalue weighted by molar-refractivity contribution is 8.03. The van der Waals surface area contributed by atoms with Crippen molar-refractivity contribution in [2.75, 3.05) is 5.75 Å². The van der Waals surface area contributed by atoms with Crippen LogP contribution in [-0.4, -0.2) is 23.0 Å². The molecule has 0 unspecified atom stereocenters. The summed E-state index contributed by atoms with van der Waals surface area (Å²) >= 11 is 1.52. The highest BCUT2D eigenvalue weighted by Gasteiger charge is 2.20. The second-order valence-electron chi connectivity index (χ2n) is 2.59. The lowest BCUT2D eigenvalue weighted by molar-refractivity contribution is -0.132. The Hall–Kier alpha value is -1.29. The topological polar surface area (TPSA) is 49.7 Å². The zero-order valence-electron chi connectivity index (χ0n) is 6.73. The van der Waals surface area contributed by atoms with Crippen LogP contribution in [0.15, 0.2) is 39.4 Å². The van der Waals surface area contributed by atoms with E-state index >= 15 is 0 Å². The summed E-state index contributed by atoms with van der Waals surface area (Å²) in [5.41, 5.74) is 1.12. The quantitative estimate of drug-likeness (QED) is 0.688. The smallest absolute Gasteiger partial charge is 0.355 e. The third-order valence-electron chi connectivity index (χ3n) is 1.78. The number of thioether (sulfide) groups is 1. The lowest BCUT2D eigenvalue weighted by Gasteiger charge is -2.00. The van der Waals surface area contributed by atoms with Gasteiger partial charge < -0.3 is 5.11 Å². The Bertz CT molecular complexity index is 377. The van der Waals surface area contributed by atoms with Crippen LogP contribution in [0, 0.1) is 0 Å². The Morgan fingerprint density at radius 1 is 1.62 bits per heavy atom. The lowest BCUT2D eigenvalue weighted by Crippen LogP contribution is -2.00. The molecular formula is C9H7NO2S. The molecule has 0 atom stereocenters. The third-order valence-corrected chi connectivity index (χ3v) is 2.83. The van der Waals surface area contributed by atoms with Crippen LogP contribution in [0.5, 0.6) is 0 Å². The molecule has 0 radical (unpaired) electrons. The van der Waals surface area contributed by atoms with E-state index in [0.717, 1.165) is 16.2 Å². The van der Waals surface area contributed by atoms with Crippen molar-refractivity contribution in [1.82, 2.24) is 0 Å². The van der Waals surface area contributed by atoms with E-state index in [1.165, 1.54) is 18.0 Å². The van der Waals surface area contributed by atoms with Gasteiger partial charge in [-0.25, -0.2) is 9.79 Å². The zero-order chi connectivity index (χ0) is 9.26. The van der Waals surface area contributed by atoms with Gasteiger partial charge >= 0.3 is 5.97 Å². The SMILES string of the molecule is O=C(O)C1=C2SCC=C2C=CC=N1. The first-order valence-corrected chi connectivity index (χ1v) is 4.79. The molecule has 0 aliphatic carbocycles. The number of fused-ring (bicyclic) bond motifs is 1. The number of aliphatic carboxylic acids is 1. The molecule has 0 saturated heterocycles. The number of rotatable bonds is 1. The average Bonchev–Trinajstić information content (AvgIpc) is 2.44. The van der Waals surface area contributed by atoms with Crippen LogP contribution in [0.1, 0.15) is 0 Å². The summed E-state index contributed by atoms with van der Waals surface area (Å²) in [6.45, 7) is 0. The van der Waals surface area contributed by atoms with Crippen LogP contribution in [0.2, 0.25) is 0 Å². The Morgan fingerprint density at radius 3 is 3.23 bits per heavy atom. The van der Waals surface area contributed by atoms with Gasteiger partial charge in [-0.1, -0.05) is 12.2 Å². The largest absolute Gasteiger partial charge is 0.476 e. The summed E-state index contributed by atoms with van der Waals surface area (Å²) in [5, 5.41) is 8.87. The first-order chi connectivity index (χ1) is 6.29. The van der Waals surface area contributed by atoms with Gasteiger partial charge in [-0.05, 0) is 11.6 Å². The van der Waals surface area contributed by atoms with Crippen LogP contribution in [0.25, 0.3) is 0 Å². The molecule has 0 fully saturated rings. The second-order valence-corrected chi connectivity index (χ2v) is 3.62. The van der Waals surface area contributed by atoms with E-state index in [2.05, 4.69) is 4.99 Å². The molecule has 1 N–H and O–H groups in total. The summed E-state index contributed by atoms with van der Waals surface area (Å²) < 4.78 is 0. The lowest BCUT2D eigenvalue weighted by atomic mass is 10.2. The van der Waals surface area contributed by atoms with Gasteiger partial charge in [0.15, 0.2) is 5.70 Å². The fourth-order valence-electron chi connectivity index (χ4n) is 1.21. The number of carbonyl (C=O) groups is 1. The van der Waals surface area contributed by atoms with Gasteiger partial charge in [-0.3, -0.25) is 0 Å². The van der Waals surface area contributed by atoms with Crippen molar-refractivity contribution in [1.29, 1.82) is 0 Å². The minimum atomic E-state index is -0.963. The molecule has 4 heteroatoms. The van der Waals surface area contributed by atoms with Crippen molar-refractivity contribution in [3.63, 3.8) is 0 Å². The number of hydrogen-bond acceptors (Lipinski definition) is 3. The van der Waals surface area contributed by atoms with Crippen LogP contribution < -0.4 is 0 Å². The predicted molar refractivity (Wildman–Crippen MR) is 52.8 cm³/mol. The van der Waals surface area contributed by atoms with E-state index < -0.39 is 5.97 Å². The van der Waals surface area contributed by atoms with Gasteiger partial charge in [0, 0.05) is 16.9 Å². The summed E-state index contributed by atoms with van der Waals surface area (Å²) in [7, 11) is 0. The summed E-state index contributed by atoms with van der Waals surface area (Å²) in [6.07, 6.45) is 7.16. The first kappa shape index (κ1) is 8.31. The molecule has 0 aromatic carbocycles. The van der Waals surface area contributed by atoms with Crippen LogP contribution >= 0.6 is 11.8 Å². The molecular weight excluding hydrogens is 186 g/mol. The van der Waals surface area contributed by atoms with Crippen molar-refractivity contribution in [3.8, 4) is 0 Å². The Kier molecular flexibility index (Phi) is 2.06. The number of nitrogens with zero attached hydrogens (tertiary/aromatic N) is 1. The van der Waals surface area contributed by atoms with Gasteiger partial charge in [0.2, 0.25) is 0 Å². The fraction of sp³-hybridized carbons (Fsp3) is 0.111. The highest BCUT2D eigenvalue weighted by atomic mass is 32.2. The minimum Gasteiger partial charge on any atom is -0.476 e. The van der Waals surface area contributed by atoms with Crippen LogP contribution in [-0.2, 0) is 4.79 Å². The van der Waals surface area contributed by atoms with Gasteiger partial charge in [0.1, 0.15) is 0 Å². The molecule has 2 aliphatic heterocycles. The molecule has 0 spiro atoms. The van der Waals surface area contributed by atoms with E-state index in [0.29, 0.717) is 0 Å². The molecule has 2 heterocycles. The maximum absolute atomic E-state index is 10.8. The molecule has 3 nitrogen and oxygen atoms in total. The molecule has 2 rings (SSSR count). The second kappa shape index (κ2) is 3.22. The monoisotopic (exact) mass is 193 g/mol. The van der Waals surface area contributed by atoms with Crippen molar-refractivity contribution in [2.45, 2.75) is 0 Å². The van der Waals surface area contributed by atoms with Gasteiger partial charge in [-0.2, -0.15) is 0 Å². The van der Waals surface area contributed by atoms with E-state index in [9.17, 15) is 4.79 Å². The molecule has 0 amide bonds. The molecule has 0 aromatic heterocycles. The number of allylic oxidation sites excluding steroid dienone is 3. The number of carboxylic acid groups (broad SMARTS) is 1. The average molecular weight is 193 g/mol. The molecule has 66 valence electrons. The van der Waals surface area contributed by atoms with Gasteiger partial charge in [0.05, 0.1) is 0 Å². The summed E-state index contributed by atoms with van der Waals surface area (Å²) in [6, 6.07) is 0. The fourth-order valence-corrected chi connectivity index (χ4v) is 2.24. The van der Waals surface area contributed by atoms with Crippen LogP contribution in [0.4, 0.5) is 0 Å². The maximum Gasteiger partial charge on any atom is 0.355 e. The molecule has 2 aliphatic rings. The molecule has 0 bridgehead atoms. The van der Waals surface area contributed by atoms with E-state index in [-0.39, 0.29) is 5.70 Å². The Labute approximate surface area is 79.6 Å². The maximum atomic E-state index is 10.8. The molecule has 0 aromatic rings. The number of aliphatic imine (C=N–C) groups is 1. The van der Waals surface area contributed by atoms with E-state index in [1.54, 1.807) is 6.08 Å².